The SMILES string of the molecule is O=C(NCCCn1cncn1)N[C@@H]1CCCN(c2ncccn2)C1. The first kappa shape index (κ1) is 16.2. The number of nitrogens with one attached hydrogen (secondary N) is 2. The minimum atomic E-state index is -0.130. The fourth-order valence-electron chi connectivity index (χ4n) is 2.76. The van der Waals surface area contributed by atoms with Gasteiger partial charge in [-0.25, -0.2) is 19.7 Å². The fraction of sp³-hybridized carbons (Fsp3) is 0.533. The molecule has 0 unspecified atom stereocenters. The van der Waals surface area contributed by atoms with Crippen LogP contribution in [0.5, 0.6) is 0 Å². The van der Waals surface area contributed by atoms with Crippen molar-refractivity contribution in [2.75, 3.05) is 24.5 Å². The molecule has 3 heterocycles. The van der Waals surface area contributed by atoms with Gasteiger partial charge in [0.05, 0.1) is 0 Å². The van der Waals surface area contributed by atoms with Gasteiger partial charge in [-0.2, -0.15) is 5.10 Å². The number of nitrogens with zero attached hydrogens (tertiary/aromatic N) is 6. The first-order valence-electron chi connectivity index (χ1n) is 8.20. The monoisotopic (exact) mass is 330 g/mol. The van der Waals surface area contributed by atoms with Gasteiger partial charge in [0.25, 0.3) is 0 Å². The van der Waals surface area contributed by atoms with E-state index in [1.807, 2.05) is 0 Å². The number of carbonyl (C=O) groups is 1. The summed E-state index contributed by atoms with van der Waals surface area (Å²) in [5.41, 5.74) is 0. The zero-order valence-electron chi connectivity index (χ0n) is 13.5. The molecule has 9 heteroatoms. The minimum absolute atomic E-state index is 0.109. The van der Waals surface area contributed by atoms with Gasteiger partial charge >= 0.3 is 6.03 Å². The van der Waals surface area contributed by atoms with E-state index in [0.717, 1.165) is 44.8 Å². The predicted molar refractivity (Wildman–Crippen MR) is 88.4 cm³/mol. The van der Waals surface area contributed by atoms with Crippen LogP contribution in [0.1, 0.15) is 19.3 Å². The number of hydrogen-bond donors (Lipinski definition) is 2. The molecule has 2 aromatic rings. The topological polar surface area (TPSA) is 101 Å². The van der Waals surface area contributed by atoms with Crippen molar-refractivity contribution < 1.29 is 4.79 Å². The highest BCUT2D eigenvalue weighted by Crippen LogP contribution is 2.15. The third kappa shape index (κ3) is 4.64. The number of aryl methyl sites for hydroxylation is 1. The molecule has 1 aliphatic rings. The maximum absolute atomic E-state index is 12.0. The van der Waals surface area contributed by atoms with E-state index in [0.29, 0.717) is 6.54 Å². The first-order valence-corrected chi connectivity index (χ1v) is 8.20. The summed E-state index contributed by atoms with van der Waals surface area (Å²) in [6, 6.07) is 1.78. The molecule has 3 rings (SSSR count). The van der Waals surface area contributed by atoms with Gasteiger partial charge in [0.2, 0.25) is 5.95 Å². The van der Waals surface area contributed by atoms with Crippen LogP contribution in [0.3, 0.4) is 0 Å². The van der Waals surface area contributed by atoms with Gasteiger partial charge in [-0.1, -0.05) is 0 Å². The van der Waals surface area contributed by atoms with Crippen LogP contribution in [0.4, 0.5) is 10.7 Å². The lowest BCUT2D eigenvalue weighted by molar-refractivity contribution is 0.234. The number of piperidine rings is 1. The first-order chi connectivity index (χ1) is 11.8. The van der Waals surface area contributed by atoms with E-state index in [-0.39, 0.29) is 12.1 Å². The van der Waals surface area contributed by atoms with Gasteiger partial charge < -0.3 is 15.5 Å². The Kier molecular flexibility index (Phi) is 5.54. The molecule has 0 aromatic carbocycles. The van der Waals surface area contributed by atoms with E-state index in [1.165, 1.54) is 6.33 Å². The summed E-state index contributed by atoms with van der Waals surface area (Å²) in [5, 5.41) is 9.94. The van der Waals surface area contributed by atoms with Gasteiger partial charge in [-0.3, -0.25) is 4.68 Å². The van der Waals surface area contributed by atoms with Crippen molar-refractivity contribution >= 4 is 12.0 Å². The lowest BCUT2D eigenvalue weighted by atomic mass is 10.1. The Morgan fingerprint density at radius 2 is 2.21 bits per heavy atom. The standard InChI is InChI=1S/C15H22N8O/c24-15(19-7-3-9-23-12-16-11-20-23)21-13-4-1-8-22(10-13)14-17-5-2-6-18-14/h2,5-6,11-13H,1,3-4,7-10H2,(H2,19,21,24)/t13-/m1/s1. The number of rotatable bonds is 6. The highest BCUT2D eigenvalue weighted by Gasteiger charge is 2.22. The average molecular weight is 330 g/mol. The Morgan fingerprint density at radius 3 is 3.00 bits per heavy atom. The van der Waals surface area contributed by atoms with Crippen LogP contribution >= 0.6 is 0 Å². The van der Waals surface area contributed by atoms with Crippen LogP contribution in [0.15, 0.2) is 31.1 Å². The molecule has 2 N–H and O–H groups in total. The summed E-state index contributed by atoms with van der Waals surface area (Å²) in [4.78, 5) is 26.6. The molecule has 2 amide bonds. The van der Waals surface area contributed by atoms with Crippen molar-refractivity contribution in [3.05, 3.63) is 31.1 Å². The van der Waals surface area contributed by atoms with E-state index < -0.39 is 0 Å². The largest absolute Gasteiger partial charge is 0.339 e. The quantitative estimate of drug-likeness (QED) is 0.745. The van der Waals surface area contributed by atoms with Crippen molar-refractivity contribution in [1.82, 2.24) is 35.4 Å². The van der Waals surface area contributed by atoms with E-state index in [2.05, 4.69) is 35.6 Å². The highest BCUT2D eigenvalue weighted by molar-refractivity contribution is 5.74. The third-order valence-corrected chi connectivity index (χ3v) is 3.91. The van der Waals surface area contributed by atoms with Gasteiger partial charge in [0, 0.05) is 44.6 Å². The maximum atomic E-state index is 12.0. The Hall–Kier alpha value is -2.71. The predicted octanol–water partition coefficient (Wildman–Crippen LogP) is 0.426. The number of anilines is 1. The van der Waals surface area contributed by atoms with Crippen molar-refractivity contribution in [2.45, 2.75) is 31.8 Å². The summed E-state index contributed by atoms with van der Waals surface area (Å²) in [5.74, 6) is 0.720. The van der Waals surface area contributed by atoms with Crippen LogP contribution in [0.25, 0.3) is 0 Å². The van der Waals surface area contributed by atoms with Crippen LogP contribution in [0, 0.1) is 0 Å². The molecular weight excluding hydrogens is 308 g/mol. The summed E-state index contributed by atoms with van der Waals surface area (Å²) < 4.78 is 1.75. The van der Waals surface area contributed by atoms with Gasteiger partial charge in [-0.05, 0) is 25.3 Å². The zero-order chi connectivity index (χ0) is 16.6. The third-order valence-electron chi connectivity index (χ3n) is 3.91. The lowest BCUT2D eigenvalue weighted by Crippen LogP contribution is -2.51. The number of hydrogen-bond acceptors (Lipinski definition) is 6. The van der Waals surface area contributed by atoms with Gasteiger partial charge in [-0.15, -0.1) is 0 Å². The van der Waals surface area contributed by atoms with Crippen LogP contribution < -0.4 is 15.5 Å². The molecule has 1 saturated heterocycles. The molecular formula is C15H22N8O. The Bertz CT molecular complexity index is 618. The second-order valence-electron chi connectivity index (χ2n) is 5.75. The second kappa shape index (κ2) is 8.23. The molecule has 9 nitrogen and oxygen atoms in total. The van der Waals surface area contributed by atoms with E-state index in [1.54, 1.807) is 29.5 Å². The molecule has 1 fully saturated rings. The minimum Gasteiger partial charge on any atom is -0.339 e. The van der Waals surface area contributed by atoms with Crippen molar-refractivity contribution in [3.63, 3.8) is 0 Å². The normalized spacial score (nSPS) is 17.5. The molecule has 2 aromatic heterocycles. The van der Waals surface area contributed by atoms with Gasteiger partial charge in [0.15, 0.2) is 0 Å². The Labute approximate surface area is 140 Å². The molecule has 128 valence electrons. The number of aromatic nitrogens is 5. The second-order valence-corrected chi connectivity index (χ2v) is 5.75. The maximum Gasteiger partial charge on any atom is 0.315 e. The van der Waals surface area contributed by atoms with Crippen molar-refractivity contribution in [2.24, 2.45) is 0 Å². The van der Waals surface area contributed by atoms with E-state index in [4.69, 9.17) is 0 Å². The number of urea groups is 1. The lowest BCUT2D eigenvalue weighted by Gasteiger charge is -2.33. The van der Waals surface area contributed by atoms with Crippen LogP contribution in [-0.2, 0) is 6.54 Å². The Morgan fingerprint density at radius 1 is 1.33 bits per heavy atom. The highest BCUT2D eigenvalue weighted by atomic mass is 16.2. The number of amides is 2. The smallest absolute Gasteiger partial charge is 0.315 e. The molecule has 0 aliphatic carbocycles. The van der Waals surface area contributed by atoms with E-state index in [9.17, 15) is 4.79 Å². The summed E-state index contributed by atoms with van der Waals surface area (Å²) >= 11 is 0. The molecule has 24 heavy (non-hydrogen) atoms. The summed E-state index contributed by atoms with van der Waals surface area (Å²) in [7, 11) is 0. The van der Waals surface area contributed by atoms with Crippen LogP contribution in [0.2, 0.25) is 0 Å². The molecule has 1 aliphatic heterocycles. The Balaban J connectivity index is 1.38. The van der Waals surface area contributed by atoms with E-state index >= 15 is 0 Å². The number of carbonyl (C=O) groups excluding carboxylic acids is 1. The zero-order valence-corrected chi connectivity index (χ0v) is 13.5. The van der Waals surface area contributed by atoms with Gasteiger partial charge in [0.1, 0.15) is 12.7 Å². The summed E-state index contributed by atoms with van der Waals surface area (Å²) in [6.45, 7) is 2.99. The molecule has 0 saturated carbocycles. The molecule has 0 bridgehead atoms. The molecule has 0 radical (unpaired) electrons. The fourth-order valence-corrected chi connectivity index (χ4v) is 2.76. The molecule has 0 spiro atoms. The molecule has 1 atom stereocenters. The summed E-state index contributed by atoms with van der Waals surface area (Å²) in [6.07, 6.45) is 9.44. The van der Waals surface area contributed by atoms with Crippen molar-refractivity contribution in [1.29, 1.82) is 0 Å². The van der Waals surface area contributed by atoms with Crippen LogP contribution in [-0.4, -0.2) is 56.4 Å². The van der Waals surface area contributed by atoms with Crippen molar-refractivity contribution in [3.8, 4) is 0 Å². The average Bonchev–Trinajstić information content (AvgIpc) is 3.13.